The van der Waals surface area contributed by atoms with Gasteiger partial charge in [-0.25, -0.2) is 4.57 Å². The van der Waals surface area contributed by atoms with Gasteiger partial charge in [-0.1, -0.05) is 177 Å². The van der Waals surface area contributed by atoms with E-state index in [9.17, 15) is 23.8 Å². The van der Waals surface area contributed by atoms with Crippen molar-refractivity contribution in [3.8, 4) is 0 Å². The maximum Gasteiger partial charge on any atom is 0.472 e. The van der Waals surface area contributed by atoms with Crippen LogP contribution in [0, 0.1) is 0 Å². The lowest BCUT2D eigenvalue weighted by atomic mass is 10.1. The number of unbranched alkanes of at least 4 members (excludes halogenated alkanes) is 18. The second-order valence-corrected chi connectivity index (χ2v) is 17.3. The zero-order chi connectivity index (χ0) is 45.6. The van der Waals surface area contributed by atoms with E-state index in [2.05, 4.69) is 79.1 Å². The molecular formula is C50H86NO10P. The molecule has 1 unspecified atom stereocenters. The van der Waals surface area contributed by atoms with Gasteiger partial charge >= 0.3 is 25.7 Å². The Morgan fingerprint density at radius 3 is 1.39 bits per heavy atom. The van der Waals surface area contributed by atoms with Gasteiger partial charge in [0, 0.05) is 12.8 Å². The largest absolute Gasteiger partial charge is 0.480 e. The molecule has 0 aliphatic heterocycles. The molecule has 0 aromatic carbocycles. The number of phosphoric acid groups is 1. The summed E-state index contributed by atoms with van der Waals surface area (Å²) in [5.74, 6) is -2.49. The summed E-state index contributed by atoms with van der Waals surface area (Å²) >= 11 is 0. The lowest BCUT2D eigenvalue weighted by Crippen LogP contribution is -2.34. The molecule has 0 amide bonds. The van der Waals surface area contributed by atoms with Crippen LogP contribution in [0.2, 0.25) is 0 Å². The number of ether oxygens (including phenoxy) is 2. The van der Waals surface area contributed by atoms with Crippen LogP contribution in [0.1, 0.15) is 194 Å². The topological polar surface area (TPSA) is 172 Å². The van der Waals surface area contributed by atoms with Crippen LogP contribution >= 0.6 is 7.82 Å². The second kappa shape index (κ2) is 44.5. The highest BCUT2D eigenvalue weighted by Gasteiger charge is 2.28. The summed E-state index contributed by atoms with van der Waals surface area (Å²) in [5, 5.41) is 8.91. The molecule has 0 spiro atoms. The summed E-state index contributed by atoms with van der Waals surface area (Å²) in [6.07, 6.45) is 54.0. The highest BCUT2D eigenvalue weighted by molar-refractivity contribution is 7.47. The van der Waals surface area contributed by atoms with Gasteiger partial charge in [0.2, 0.25) is 0 Å². The fraction of sp³-hybridized carbons (Fsp3) is 0.700. The quantitative estimate of drug-likeness (QED) is 0.0230. The molecular weight excluding hydrogens is 806 g/mol. The lowest BCUT2D eigenvalue weighted by molar-refractivity contribution is -0.161. The molecule has 11 nitrogen and oxygen atoms in total. The van der Waals surface area contributed by atoms with Gasteiger partial charge in [-0.3, -0.25) is 23.4 Å². The molecule has 0 fully saturated rings. The second-order valence-electron chi connectivity index (χ2n) is 15.9. The van der Waals surface area contributed by atoms with E-state index in [1.807, 2.05) is 12.2 Å². The number of hydrogen-bond acceptors (Lipinski definition) is 9. The Balaban J connectivity index is 4.42. The summed E-state index contributed by atoms with van der Waals surface area (Å²) in [6, 6.07) is -1.53. The first-order valence-corrected chi connectivity index (χ1v) is 25.5. The van der Waals surface area contributed by atoms with Crippen LogP contribution in [-0.2, 0) is 37.5 Å². The Labute approximate surface area is 376 Å². The summed E-state index contributed by atoms with van der Waals surface area (Å²) < 4.78 is 32.7. The van der Waals surface area contributed by atoms with Crippen LogP contribution in [0.25, 0.3) is 0 Å². The van der Waals surface area contributed by atoms with E-state index in [-0.39, 0.29) is 19.4 Å². The number of carbonyl (C=O) groups excluding carboxylic acids is 2. The van der Waals surface area contributed by atoms with Crippen molar-refractivity contribution in [1.29, 1.82) is 0 Å². The van der Waals surface area contributed by atoms with E-state index in [0.717, 1.165) is 44.9 Å². The number of aliphatic carboxylic acids is 1. The maximum absolute atomic E-state index is 12.7. The lowest BCUT2D eigenvalue weighted by Gasteiger charge is -2.20. The van der Waals surface area contributed by atoms with Crippen LogP contribution in [0.5, 0.6) is 0 Å². The van der Waals surface area contributed by atoms with Crippen molar-refractivity contribution in [2.24, 2.45) is 5.73 Å². The third-order valence-corrected chi connectivity index (χ3v) is 10.9. The summed E-state index contributed by atoms with van der Waals surface area (Å²) in [5.41, 5.74) is 5.34. The average Bonchev–Trinajstić information content (AvgIpc) is 3.25. The Hall–Kier alpha value is -3.08. The minimum atomic E-state index is -4.74. The molecule has 3 atom stereocenters. The molecule has 0 aromatic rings. The van der Waals surface area contributed by atoms with Crippen molar-refractivity contribution in [3.63, 3.8) is 0 Å². The molecule has 0 aliphatic rings. The van der Waals surface area contributed by atoms with Crippen LogP contribution in [0.3, 0.4) is 0 Å². The molecule has 0 aromatic heterocycles. The number of rotatable bonds is 44. The van der Waals surface area contributed by atoms with Crippen molar-refractivity contribution in [2.75, 3.05) is 19.8 Å². The number of phosphoric ester groups is 1. The minimum Gasteiger partial charge on any atom is -0.480 e. The molecule has 0 aliphatic carbocycles. The van der Waals surface area contributed by atoms with Gasteiger partial charge in [0.05, 0.1) is 13.2 Å². The van der Waals surface area contributed by atoms with Crippen molar-refractivity contribution >= 4 is 25.7 Å². The molecule has 0 saturated carbocycles. The van der Waals surface area contributed by atoms with Crippen molar-refractivity contribution < 1.29 is 47.5 Å². The van der Waals surface area contributed by atoms with E-state index >= 15 is 0 Å². The molecule has 0 saturated heterocycles. The molecule has 62 heavy (non-hydrogen) atoms. The monoisotopic (exact) mass is 892 g/mol. The number of carboxylic acid groups (broad SMARTS) is 1. The number of nitrogens with two attached hydrogens (primary N) is 1. The van der Waals surface area contributed by atoms with Crippen molar-refractivity contribution in [1.82, 2.24) is 0 Å². The fourth-order valence-corrected chi connectivity index (χ4v) is 6.94. The third kappa shape index (κ3) is 43.6. The van der Waals surface area contributed by atoms with E-state index in [0.29, 0.717) is 12.8 Å². The molecule has 4 N–H and O–H groups in total. The van der Waals surface area contributed by atoms with E-state index in [1.54, 1.807) is 0 Å². The number of carbonyl (C=O) groups is 3. The van der Waals surface area contributed by atoms with Crippen LogP contribution in [0.15, 0.2) is 72.9 Å². The number of hydrogen-bond donors (Lipinski definition) is 3. The van der Waals surface area contributed by atoms with E-state index in [1.165, 1.54) is 109 Å². The molecule has 0 rings (SSSR count). The Morgan fingerprint density at radius 2 is 0.887 bits per heavy atom. The van der Waals surface area contributed by atoms with Crippen LogP contribution in [0.4, 0.5) is 0 Å². The molecule has 0 radical (unpaired) electrons. The summed E-state index contributed by atoms with van der Waals surface area (Å²) in [6.45, 7) is 2.70. The van der Waals surface area contributed by atoms with Gasteiger partial charge in [-0.05, 0) is 77.0 Å². The Morgan fingerprint density at radius 1 is 0.500 bits per heavy atom. The molecule has 0 heterocycles. The molecule has 0 bridgehead atoms. The highest BCUT2D eigenvalue weighted by Crippen LogP contribution is 2.43. The Kier molecular flexibility index (Phi) is 42.3. The first kappa shape index (κ1) is 58.9. The number of allylic oxidation sites excluding steroid dienone is 12. The summed E-state index contributed by atoms with van der Waals surface area (Å²) in [4.78, 5) is 46.1. The maximum atomic E-state index is 12.7. The van der Waals surface area contributed by atoms with Crippen molar-refractivity contribution in [3.05, 3.63) is 72.9 Å². The molecule has 356 valence electrons. The van der Waals surface area contributed by atoms with Gasteiger partial charge in [0.15, 0.2) is 6.10 Å². The smallest absolute Gasteiger partial charge is 0.472 e. The summed E-state index contributed by atoms with van der Waals surface area (Å²) in [7, 11) is -4.74. The predicted octanol–water partition coefficient (Wildman–Crippen LogP) is 13.3. The van der Waals surface area contributed by atoms with Gasteiger partial charge in [0.1, 0.15) is 12.6 Å². The standard InChI is InChI=1S/C50H86NO10P/c1-3-5-7-9-11-13-15-17-19-21-23-25-27-29-31-33-35-37-39-41-48(52)58-43-46(44-59-62(56,57)60-45-47(51)50(54)55)61-49(53)42-40-38-36-34-32-30-28-26-24-22-20-18-16-14-12-10-8-6-4-2/h11,13,17-20,23,25,29,31,35,37,46-47H,3-10,12,14-16,21-22,24,26-28,30,32-34,36,38-45,51H2,1-2H3,(H,54,55)(H,56,57)/b13-11-,19-17-,20-18-,25-23-,31-29-,37-35-/t46-,47+/m1/s1. The van der Waals surface area contributed by atoms with Gasteiger partial charge in [-0.2, -0.15) is 0 Å². The van der Waals surface area contributed by atoms with Gasteiger partial charge < -0.3 is 25.2 Å². The van der Waals surface area contributed by atoms with Crippen molar-refractivity contribution in [2.45, 2.75) is 206 Å². The van der Waals surface area contributed by atoms with Crippen LogP contribution < -0.4 is 5.73 Å². The van der Waals surface area contributed by atoms with Gasteiger partial charge in [-0.15, -0.1) is 0 Å². The highest BCUT2D eigenvalue weighted by atomic mass is 31.2. The third-order valence-electron chi connectivity index (χ3n) is 9.94. The normalized spacial score (nSPS) is 14.3. The zero-order valence-electron chi connectivity index (χ0n) is 38.7. The SMILES string of the molecule is CCCCC/C=C\C/C=C\C/C=C\C/C=C\C/C=C\CCC(=O)OC[C@H](COP(=O)(O)OC[C@H](N)C(=O)O)OC(=O)CCCCCCCCCCC/C=C\CCCCCCCC. The van der Waals surface area contributed by atoms with Gasteiger partial charge in [0.25, 0.3) is 0 Å². The zero-order valence-corrected chi connectivity index (χ0v) is 39.6. The predicted molar refractivity (Wildman–Crippen MR) is 254 cm³/mol. The minimum absolute atomic E-state index is 0.0953. The average molecular weight is 892 g/mol. The van der Waals surface area contributed by atoms with E-state index < -0.39 is 51.1 Å². The van der Waals surface area contributed by atoms with Crippen LogP contribution in [-0.4, -0.2) is 59.9 Å². The first-order valence-electron chi connectivity index (χ1n) is 24.0. The Bertz CT molecular complexity index is 1320. The number of esters is 2. The number of carboxylic acids is 1. The first-order chi connectivity index (χ1) is 30.1. The van der Waals surface area contributed by atoms with E-state index in [4.69, 9.17) is 24.8 Å². The molecule has 12 heteroatoms. The fourth-order valence-electron chi connectivity index (χ4n) is 6.16.